The van der Waals surface area contributed by atoms with Gasteiger partial charge in [-0.05, 0) is 24.6 Å². The van der Waals surface area contributed by atoms with Gasteiger partial charge in [-0.3, -0.25) is 4.72 Å². The zero-order chi connectivity index (χ0) is 16.1. The summed E-state index contributed by atoms with van der Waals surface area (Å²) < 4.78 is 61.2. The molecule has 0 atom stereocenters. The topological polar surface area (TPSA) is 93.8 Å². The normalized spacial score (nSPS) is 11.5. The lowest BCUT2D eigenvalue weighted by Crippen LogP contribution is -2.19. The van der Waals surface area contributed by atoms with E-state index in [-0.39, 0.29) is 16.8 Å². The molecule has 0 aliphatic heterocycles. The van der Waals surface area contributed by atoms with Crippen LogP contribution >= 0.6 is 0 Å². The van der Waals surface area contributed by atoms with Crippen molar-refractivity contribution in [1.82, 2.24) is 0 Å². The van der Waals surface area contributed by atoms with E-state index in [4.69, 9.17) is 10.5 Å². The Morgan fingerprint density at radius 1 is 1.14 bits per heavy atom. The quantitative estimate of drug-likeness (QED) is 0.903. The van der Waals surface area contributed by atoms with Crippen molar-refractivity contribution in [3.8, 4) is 12.1 Å². The Kier molecular flexibility index (Phi) is 5.17. The van der Waals surface area contributed by atoms with Crippen LogP contribution in [-0.4, -0.2) is 20.3 Å². The maximum Gasteiger partial charge on any atom is 0.389 e. The van der Waals surface area contributed by atoms with Gasteiger partial charge in [0, 0.05) is 12.1 Å². The van der Waals surface area contributed by atoms with E-state index in [1.165, 1.54) is 12.1 Å². The molecule has 1 N–H and O–H groups in total. The molecule has 5 nitrogen and oxygen atoms in total. The Morgan fingerprint density at radius 3 is 2.29 bits per heavy atom. The maximum absolute atomic E-state index is 12.0. The van der Waals surface area contributed by atoms with Crippen molar-refractivity contribution in [1.29, 1.82) is 10.5 Å². The van der Waals surface area contributed by atoms with Crippen molar-refractivity contribution in [2.75, 3.05) is 10.5 Å². The summed E-state index contributed by atoms with van der Waals surface area (Å²) in [5.74, 6) is -0.686. The molecule has 0 aliphatic rings. The molecule has 0 fully saturated rings. The molecule has 1 aromatic carbocycles. The highest BCUT2D eigenvalue weighted by Crippen LogP contribution is 2.22. The number of halogens is 3. The van der Waals surface area contributed by atoms with Gasteiger partial charge in [-0.25, -0.2) is 8.42 Å². The summed E-state index contributed by atoms with van der Waals surface area (Å²) in [4.78, 5) is 0. The van der Waals surface area contributed by atoms with Crippen LogP contribution in [-0.2, 0) is 10.0 Å². The van der Waals surface area contributed by atoms with E-state index in [1.54, 1.807) is 12.1 Å². The molecule has 112 valence electrons. The van der Waals surface area contributed by atoms with Crippen molar-refractivity contribution in [3.63, 3.8) is 0 Å². The van der Waals surface area contributed by atoms with Crippen LogP contribution in [0.1, 0.15) is 24.0 Å². The summed E-state index contributed by atoms with van der Waals surface area (Å²) in [7, 11) is -3.94. The molecular weight excluding hydrogens is 307 g/mol. The lowest BCUT2D eigenvalue weighted by Gasteiger charge is -2.09. The van der Waals surface area contributed by atoms with E-state index in [0.717, 1.165) is 6.07 Å². The smallest absolute Gasteiger partial charge is 0.284 e. The van der Waals surface area contributed by atoms with Gasteiger partial charge in [0.1, 0.15) is 12.1 Å². The molecule has 0 radical (unpaired) electrons. The summed E-state index contributed by atoms with van der Waals surface area (Å²) in [6, 6.07) is 7.17. The number of nitrogens with one attached hydrogen (secondary N) is 1. The van der Waals surface area contributed by atoms with E-state index in [2.05, 4.69) is 4.72 Å². The standard InChI is InChI=1S/C12H10F3N3O2S/c13-12(14,15)4-1-5-21(19,20)18-11-3-2-9(7-16)10(6-11)8-17/h2-3,6,18H,1,4-5H2. The molecule has 0 spiro atoms. The lowest BCUT2D eigenvalue weighted by atomic mass is 10.1. The molecule has 0 bridgehead atoms. The fraction of sp³-hybridized carbons (Fsp3) is 0.333. The first-order valence-electron chi connectivity index (χ1n) is 5.68. The minimum Gasteiger partial charge on any atom is -0.284 e. The highest BCUT2D eigenvalue weighted by atomic mass is 32.2. The second-order valence-electron chi connectivity index (χ2n) is 4.12. The Labute approximate surface area is 119 Å². The van der Waals surface area contributed by atoms with Crippen LogP contribution in [0.4, 0.5) is 18.9 Å². The van der Waals surface area contributed by atoms with Crippen LogP contribution in [0, 0.1) is 22.7 Å². The third-order valence-electron chi connectivity index (χ3n) is 2.41. The second-order valence-corrected chi connectivity index (χ2v) is 5.97. The Bertz CT molecular complexity index is 700. The number of benzene rings is 1. The fourth-order valence-electron chi connectivity index (χ4n) is 1.49. The summed E-state index contributed by atoms with van der Waals surface area (Å²) in [6.07, 6.45) is -6.15. The van der Waals surface area contributed by atoms with Crippen LogP contribution in [0.3, 0.4) is 0 Å². The molecule has 0 saturated heterocycles. The summed E-state index contributed by atoms with van der Waals surface area (Å²) in [5, 5.41) is 17.5. The van der Waals surface area contributed by atoms with E-state index in [9.17, 15) is 21.6 Å². The molecule has 0 aromatic heterocycles. The van der Waals surface area contributed by atoms with Gasteiger partial charge in [-0.2, -0.15) is 23.7 Å². The number of hydrogen-bond acceptors (Lipinski definition) is 4. The predicted octanol–water partition coefficient (Wildman–Crippen LogP) is 2.51. The van der Waals surface area contributed by atoms with Gasteiger partial charge in [-0.1, -0.05) is 0 Å². The highest BCUT2D eigenvalue weighted by Gasteiger charge is 2.27. The van der Waals surface area contributed by atoms with Gasteiger partial charge in [0.2, 0.25) is 10.0 Å². The van der Waals surface area contributed by atoms with Crippen molar-refractivity contribution in [2.24, 2.45) is 0 Å². The monoisotopic (exact) mass is 317 g/mol. The molecule has 0 saturated carbocycles. The van der Waals surface area contributed by atoms with E-state index >= 15 is 0 Å². The van der Waals surface area contributed by atoms with Crippen LogP contribution in [0.25, 0.3) is 0 Å². The zero-order valence-corrected chi connectivity index (χ0v) is 11.4. The average molecular weight is 317 g/mol. The number of rotatable bonds is 5. The molecular formula is C12H10F3N3O2S. The largest absolute Gasteiger partial charge is 0.389 e. The fourth-order valence-corrected chi connectivity index (χ4v) is 2.60. The van der Waals surface area contributed by atoms with Crippen molar-refractivity contribution < 1.29 is 21.6 Å². The number of nitriles is 2. The van der Waals surface area contributed by atoms with Gasteiger partial charge < -0.3 is 0 Å². The second kappa shape index (κ2) is 6.46. The molecule has 1 aromatic rings. The first kappa shape index (κ1) is 16.8. The molecule has 9 heteroatoms. The minimum atomic E-state index is -4.40. The average Bonchev–Trinajstić information content (AvgIpc) is 2.36. The number of alkyl halides is 3. The summed E-state index contributed by atoms with van der Waals surface area (Å²) >= 11 is 0. The van der Waals surface area contributed by atoms with E-state index in [0.29, 0.717) is 0 Å². The van der Waals surface area contributed by atoms with Gasteiger partial charge in [-0.15, -0.1) is 0 Å². The molecule has 21 heavy (non-hydrogen) atoms. The third-order valence-corrected chi connectivity index (χ3v) is 3.78. The Hall–Kier alpha value is -2.26. The van der Waals surface area contributed by atoms with Gasteiger partial charge in [0.15, 0.2) is 0 Å². The van der Waals surface area contributed by atoms with Crippen LogP contribution in [0.2, 0.25) is 0 Å². The Balaban J connectivity index is 2.77. The lowest BCUT2D eigenvalue weighted by molar-refractivity contribution is -0.134. The number of nitrogens with zero attached hydrogens (tertiary/aromatic N) is 2. The molecule has 0 unspecified atom stereocenters. The minimum absolute atomic E-state index is 0.0204. The summed E-state index contributed by atoms with van der Waals surface area (Å²) in [6.45, 7) is 0. The van der Waals surface area contributed by atoms with Crippen LogP contribution in [0.15, 0.2) is 18.2 Å². The molecule has 0 heterocycles. The van der Waals surface area contributed by atoms with E-state index < -0.39 is 34.8 Å². The van der Waals surface area contributed by atoms with Gasteiger partial charge in [0.05, 0.1) is 16.9 Å². The van der Waals surface area contributed by atoms with Crippen molar-refractivity contribution >= 4 is 15.7 Å². The molecule has 0 aliphatic carbocycles. The van der Waals surface area contributed by atoms with Gasteiger partial charge >= 0.3 is 6.18 Å². The third kappa shape index (κ3) is 5.71. The molecule has 1 rings (SSSR count). The SMILES string of the molecule is N#Cc1ccc(NS(=O)(=O)CCCC(F)(F)F)cc1C#N. The number of anilines is 1. The number of hydrogen-bond donors (Lipinski definition) is 1. The van der Waals surface area contributed by atoms with Crippen LogP contribution < -0.4 is 4.72 Å². The Morgan fingerprint density at radius 2 is 1.76 bits per heavy atom. The zero-order valence-electron chi connectivity index (χ0n) is 10.6. The van der Waals surface area contributed by atoms with Crippen molar-refractivity contribution in [3.05, 3.63) is 29.3 Å². The van der Waals surface area contributed by atoms with Gasteiger partial charge in [0.25, 0.3) is 0 Å². The van der Waals surface area contributed by atoms with Crippen LogP contribution in [0.5, 0.6) is 0 Å². The summed E-state index contributed by atoms with van der Waals surface area (Å²) in [5.41, 5.74) is 0.0862. The highest BCUT2D eigenvalue weighted by molar-refractivity contribution is 7.92. The molecule has 0 amide bonds. The van der Waals surface area contributed by atoms with E-state index in [1.807, 2.05) is 0 Å². The van der Waals surface area contributed by atoms with Crippen molar-refractivity contribution in [2.45, 2.75) is 19.0 Å². The first-order valence-corrected chi connectivity index (χ1v) is 7.33. The predicted molar refractivity (Wildman–Crippen MR) is 68.6 cm³/mol. The number of sulfonamides is 1. The first-order chi connectivity index (χ1) is 9.67. The maximum atomic E-state index is 12.0.